The summed E-state index contributed by atoms with van der Waals surface area (Å²) in [5.74, 6) is 0.391. The highest BCUT2D eigenvalue weighted by atomic mass is 32.1. The van der Waals surface area contributed by atoms with Gasteiger partial charge in [-0.2, -0.15) is 5.26 Å². The first-order valence-electron chi connectivity index (χ1n) is 8.58. The van der Waals surface area contributed by atoms with Gasteiger partial charge in [0, 0.05) is 5.56 Å². The van der Waals surface area contributed by atoms with Gasteiger partial charge in [0.05, 0.1) is 30.0 Å². The number of carbonyl (C=O) groups is 1. The second-order valence-corrected chi connectivity index (χ2v) is 7.15. The fourth-order valence-electron chi connectivity index (χ4n) is 3.09. The Bertz CT molecular complexity index is 1360. The lowest BCUT2D eigenvalue weighted by Crippen LogP contribution is -2.22. The first-order chi connectivity index (χ1) is 14.1. The zero-order valence-corrected chi connectivity index (χ0v) is 16.4. The van der Waals surface area contributed by atoms with E-state index in [0.29, 0.717) is 33.0 Å². The number of nitrogens with zero attached hydrogens (tertiary/aromatic N) is 2. The second-order valence-electron chi connectivity index (χ2n) is 6.12. The number of rotatable bonds is 4. The predicted molar refractivity (Wildman–Crippen MR) is 111 cm³/mol. The highest BCUT2D eigenvalue weighted by molar-refractivity contribution is 7.24. The van der Waals surface area contributed by atoms with Crippen molar-refractivity contribution in [2.75, 3.05) is 19.5 Å². The maximum absolute atomic E-state index is 13.1. The summed E-state index contributed by atoms with van der Waals surface area (Å²) in [5.41, 5.74) is 0.929. The van der Waals surface area contributed by atoms with Crippen molar-refractivity contribution in [3.05, 3.63) is 70.0 Å². The van der Waals surface area contributed by atoms with Crippen LogP contribution in [0, 0.1) is 11.3 Å². The molecule has 7 nitrogen and oxygen atoms in total. The van der Waals surface area contributed by atoms with Crippen molar-refractivity contribution in [1.82, 2.24) is 4.40 Å². The van der Waals surface area contributed by atoms with Crippen molar-refractivity contribution in [2.24, 2.45) is 0 Å². The van der Waals surface area contributed by atoms with E-state index >= 15 is 0 Å². The van der Waals surface area contributed by atoms with Crippen LogP contribution in [0.3, 0.4) is 0 Å². The summed E-state index contributed by atoms with van der Waals surface area (Å²) in [6, 6.07) is 15.6. The van der Waals surface area contributed by atoms with E-state index in [0.717, 1.165) is 4.70 Å². The molecule has 0 unspecified atom stereocenters. The molecule has 8 heteroatoms. The number of para-hydroxylation sites is 1. The first kappa shape index (κ1) is 18.5. The number of nitrogens with one attached hydrogen (secondary N) is 1. The summed E-state index contributed by atoms with van der Waals surface area (Å²) in [6.45, 7) is 0. The van der Waals surface area contributed by atoms with Crippen molar-refractivity contribution in [3.63, 3.8) is 0 Å². The molecule has 0 saturated heterocycles. The van der Waals surface area contributed by atoms with Gasteiger partial charge in [-0.25, -0.2) is 0 Å². The molecule has 0 fully saturated rings. The summed E-state index contributed by atoms with van der Waals surface area (Å²) >= 11 is 1.36. The molecule has 0 spiro atoms. The van der Waals surface area contributed by atoms with Crippen LogP contribution >= 0.6 is 11.3 Å². The van der Waals surface area contributed by atoms with E-state index in [1.807, 2.05) is 18.2 Å². The normalized spacial score (nSPS) is 10.7. The molecular weight excluding hydrogens is 390 g/mol. The molecule has 2 aromatic carbocycles. The number of fused-ring (bicyclic) bond motifs is 3. The smallest absolute Gasteiger partial charge is 0.280 e. The Balaban J connectivity index is 1.82. The minimum absolute atomic E-state index is 0.0300. The Hall–Kier alpha value is -3.83. The molecule has 2 heterocycles. The molecule has 0 aliphatic carbocycles. The van der Waals surface area contributed by atoms with Gasteiger partial charge in [0.25, 0.3) is 11.5 Å². The van der Waals surface area contributed by atoms with Gasteiger partial charge in [0.2, 0.25) is 0 Å². The fourth-order valence-corrected chi connectivity index (χ4v) is 4.20. The number of amides is 1. The molecule has 0 aliphatic rings. The molecule has 0 radical (unpaired) electrons. The van der Waals surface area contributed by atoms with E-state index in [2.05, 4.69) is 11.4 Å². The largest absolute Gasteiger partial charge is 0.493 e. The second kappa shape index (κ2) is 7.30. The number of carbonyl (C=O) groups excluding carboxylic acids is 1. The number of pyridine rings is 1. The third kappa shape index (κ3) is 3.07. The van der Waals surface area contributed by atoms with E-state index in [9.17, 15) is 14.9 Å². The van der Waals surface area contributed by atoms with Gasteiger partial charge in [0.1, 0.15) is 16.6 Å². The lowest BCUT2D eigenvalue weighted by atomic mass is 10.1. The zero-order valence-electron chi connectivity index (χ0n) is 15.6. The predicted octanol–water partition coefficient (Wildman–Crippen LogP) is 3.66. The third-order valence-electron chi connectivity index (χ3n) is 4.48. The summed E-state index contributed by atoms with van der Waals surface area (Å²) in [4.78, 5) is 26.3. The summed E-state index contributed by atoms with van der Waals surface area (Å²) in [6.07, 6.45) is 0. The lowest BCUT2D eigenvalue weighted by Gasteiger charge is -2.10. The quantitative estimate of drug-likeness (QED) is 0.559. The molecular formula is C21H15N3O4S. The van der Waals surface area contributed by atoms with Crippen LogP contribution in [0.25, 0.3) is 15.0 Å². The van der Waals surface area contributed by atoms with Crippen molar-refractivity contribution in [2.45, 2.75) is 0 Å². The Kier molecular flexibility index (Phi) is 4.66. The SMILES string of the molecule is COc1ccc(C(=O)Nc2cc(C#N)c3sc4ccccc4n3c2=O)cc1OC. The Morgan fingerprint density at radius 3 is 2.59 bits per heavy atom. The molecule has 1 N–H and O–H groups in total. The molecule has 0 saturated carbocycles. The minimum atomic E-state index is -0.494. The van der Waals surface area contributed by atoms with Gasteiger partial charge in [-0.1, -0.05) is 12.1 Å². The molecule has 0 atom stereocenters. The first-order valence-corrected chi connectivity index (χ1v) is 9.39. The molecule has 29 heavy (non-hydrogen) atoms. The Labute approximate surface area is 169 Å². The molecule has 4 rings (SSSR count). The molecule has 1 amide bonds. The van der Waals surface area contributed by atoms with Crippen molar-refractivity contribution >= 4 is 38.0 Å². The Morgan fingerprint density at radius 2 is 1.86 bits per heavy atom. The number of hydrogen-bond donors (Lipinski definition) is 1. The number of aromatic nitrogens is 1. The summed E-state index contributed by atoms with van der Waals surface area (Å²) in [7, 11) is 2.98. The van der Waals surface area contributed by atoms with Crippen LogP contribution in [0.15, 0.2) is 53.3 Å². The van der Waals surface area contributed by atoms with Gasteiger partial charge < -0.3 is 14.8 Å². The van der Waals surface area contributed by atoms with Gasteiger partial charge in [-0.05, 0) is 36.4 Å². The number of nitriles is 1. The minimum Gasteiger partial charge on any atom is -0.493 e. The van der Waals surface area contributed by atoms with Gasteiger partial charge >= 0.3 is 0 Å². The average Bonchev–Trinajstić information content (AvgIpc) is 3.15. The van der Waals surface area contributed by atoms with Crippen LogP contribution in [0.1, 0.15) is 15.9 Å². The van der Waals surface area contributed by atoms with Crippen LogP contribution < -0.4 is 20.3 Å². The monoisotopic (exact) mass is 405 g/mol. The number of hydrogen-bond acceptors (Lipinski definition) is 6. The highest BCUT2D eigenvalue weighted by Gasteiger charge is 2.17. The number of anilines is 1. The average molecular weight is 405 g/mol. The topological polar surface area (TPSA) is 92.8 Å². The number of methoxy groups -OCH3 is 2. The van der Waals surface area contributed by atoms with Crippen molar-refractivity contribution < 1.29 is 14.3 Å². The van der Waals surface area contributed by atoms with E-state index < -0.39 is 11.5 Å². The van der Waals surface area contributed by atoms with E-state index in [4.69, 9.17) is 9.47 Å². The van der Waals surface area contributed by atoms with Crippen LogP contribution in [-0.4, -0.2) is 24.5 Å². The van der Waals surface area contributed by atoms with Crippen LogP contribution in [-0.2, 0) is 0 Å². The maximum atomic E-state index is 13.1. The number of benzene rings is 2. The molecule has 2 aromatic heterocycles. The molecule has 0 aliphatic heterocycles. The van der Waals surface area contributed by atoms with Gasteiger partial charge in [0.15, 0.2) is 11.5 Å². The van der Waals surface area contributed by atoms with Gasteiger partial charge in [-0.15, -0.1) is 11.3 Å². The summed E-state index contributed by atoms with van der Waals surface area (Å²) < 4.78 is 12.7. The van der Waals surface area contributed by atoms with Crippen molar-refractivity contribution in [1.29, 1.82) is 5.26 Å². The fraction of sp³-hybridized carbons (Fsp3) is 0.0952. The van der Waals surface area contributed by atoms with Crippen LogP contribution in [0.2, 0.25) is 0 Å². The van der Waals surface area contributed by atoms with Crippen molar-refractivity contribution in [3.8, 4) is 17.6 Å². The standard InChI is InChI=1S/C21H15N3O4S/c1-27-16-8-7-12(10-17(16)28-2)19(25)23-14-9-13(11-22)21-24(20(14)26)15-5-3-4-6-18(15)29-21/h3-10H,1-2H3,(H,23,25). The van der Waals surface area contributed by atoms with E-state index in [1.165, 1.54) is 42.1 Å². The molecule has 0 bridgehead atoms. The summed E-state index contributed by atoms with van der Waals surface area (Å²) in [5, 5.41) is 12.2. The van der Waals surface area contributed by atoms with Crippen LogP contribution in [0.4, 0.5) is 5.69 Å². The zero-order chi connectivity index (χ0) is 20.5. The Morgan fingerprint density at radius 1 is 1.10 bits per heavy atom. The van der Waals surface area contributed by atoms with E-state index in [-0.39, 0.29) is 5.69 Å². The van der Waals surface area contributed by atoms with Gasteiger partial charge in [-0.3, -0.25) is 14.0 Å². The highest BCUT2D eigenvalue weighted by Crippen LogP contribution is 2.29. The maximum Gasteiger partial charge on any atom is 0.280 e. The molecule has 4 aromatic rings. The number of thiazole rings is 1. The third-order valence-corrected chi connectivity index (χ3v) is 5.64. The lowest BCUT2D eigenvalue weighted by molar-refractivity contribution is 0.102. The van der Waals surface area contributed by atoms with Crippen LogP contribution in [0.5, 0.6) is 11.5 Å². The van der Waals surface area contributed by atoms with E-state index in [1.54, 1.807) is 18.2 Å². The molecule has 144 valence electrons. The number of ether oxygens (including phenoxy) is 2.